The lowest BCUT2D eigenvalue weighted by Crippen LogP contribution is -2.30. The van der Waals surface area contributed by atoms with Gasteiger partial charge in [0.05, 0.1) is 0 Å². The molecule has 0 amide bonds. The van der Waals surface area contributed by atoms with Crippen LogP contribution in [0, 0.1) is 0 Å². The maximum absolute atomic E-state index is 6.26. The zero-order chi connectivity index (χ0) is 13.8. The van der Waals surface area contributed by atoms with E-state index in [0.29, 0.717) is 16.6 Å². The van der Waals surface area contributed by atoms with Gasteiger partial charge in [-0.3, -0.25) is 4.90 Å². The number of halogens is 2. The summed E-state index contributed by atoms with van der Waals surface area (Å²) in [5.41, 5.74) is 6.90. The molecule has 1 unspecified atom stereocenters. The lowest BCUT2D eigenvalue weighted by molar-refractivity contribution is 0.244. The average molecular weight is 315 g/mol. The van der Waals surface area contributed by atoms with E-state index in [0.717, 1.165) is 12.1 Å². The van der Waals surface area contributed by atoms with Crippen molar-refractivity contribution in [2.24, 2.45) is 5.73 Å². The van der Waals surface area contributed by atoms with Gasteiger partial charge in [-0.25, -0.2) is 0 Å². The first-order valence-corrected chi connectivity index (χ1v) is 7.63. The highest BCUT2D eigenvalue weighted by molar-refractivity contribution is 7.09. The van der Waals surface area contributed by atoms with Crippen LogP contribution >= 0.6 is 34.5 Å². The normalized spacial score (nSPS) is 12.9. The highest BCUT2D eigenvalue weighted by atomic mass is 35.5. The summed E-state index contributed by atoms with van der Waals surface area (Å²) < 4.78 is 0. The highest BCUT2D eigenvalue weighted by Crippen LogP contribution is 2.30. The van der Waals surface area contributed by atoms with Crippen molar-refractivity contribution in [3.63, 3.8) is 0 Å². The number of thiophene rings is 1. The van der Waals surface area contributed by atoms with Crippen molar-refractivity contribution >= 4 is 34.5 Å². The molecule has 0 fully saturated rings. The molecule has 0 aliphatic carbocycles. The molecule has 2 nitrogen and oxygen atoms in total. The fourth-order valence-corrected chi connectivity index (χ4v) is 3.26. The van der Waals surface area contributed by atoms with Crippen LogP contribution in [-0.4, -0.2) is 18.5 Å². The smallest absolute Gasteiger partial charge is 0.0486 e. The molecule has 2 rings (SSSR count). The minimum absolute atomic E-state index is 0.0632. The molecule has 0 saturated carbocycles. The Hall–Kier alpha value is -0.580. The van der Waals surface area contributed by atoms with Gasteiger partial charge in [0.15, 0.2) is 0 Å². The zero-order valence-corrected chi connectivity index (χ0v) is 13.0. The summed E-state index contributed by atoms with van der Waals surface area (Å²) in [4.78, 5) is 3.50. The minimum atomic E-state index is 0.0632. The molecule has 1 aromatic carbocycles. The minimum Gasteiger partial charge on any atom is -0.329 e. The zero-order valence-electron chi connectivity index (χ0n) is 10.6. The SMILES string of the molecule is CN(Cc1cccs1)C(CN)c1cc(Cl)ccc1Cl. The first kappa shape index (κ1) is 14.8. The molecule has 0 radical (unpaired) electrons. The van der Waals surface area contributed by atoms with Crippen LogP contribution in [0.2, 0.25) is 10.0 Å². The fraction of sp³-hybridized carbons (Fsp3) is 0.286. The topological polar surface area (TPSA) is 29.3 Å². The lowest BCUT2D eigenvalue weighted by Gasteiger charge is -2.27. The van der Waals surface area contributed by atoms with Gasteiger partial charge in [-0.1, -0.05) is 29.3 Å². The largest absolute Gasteiger partial charge is 0.329 e. The number of hydrogen-bond acceptors (Lipinski definition) is 3. The molecule has 19 heavy (non-hydrogen) atoms. The van der Waals surface area contributed by atoms with E-state index >= 15 is 0 Å². The molecular weight excluding hydrogens is 299 g/mol. The third kappa shape index (κ3) is 3.71. The van der Waals surface area contributed by atoms with E-state index in [4.69, 9.17) is 28.9 Å². The molecule has 102 valence electrons. The molecule has 0 bridgehead atoms. The Labute approximate surface area is 127 Å². The second kappa shape index (κ2) is 6.73. The summed E-state index contributed by atoms with van der Waals surface area (Å²) in [6, 6.07) is 9.74. The summed E-state index contributed by atoms with van der Waals surface area (Å²) in [6.07, 6.45) is 0. The molecule has 2 aromatic rings. The van der Waals surface area contributed by atoms with Crippen LogP contribution in [0.4, 0.5) is 0 Å². The molecule has 1 aromatic heterocycles. The summed E-state index contributed by atoms with van der Waals surface area (Å²) in [5.74, 6) is 0. The van der Waals surface area contributed by atoms with Crippen LogP contribution in [0.15, 0.2) is 35.7 Å². The van der Waals surface area contributed by atoms with Gasteiger partial charge < -0.3 is 5.73 Å². The second-order valence-corrected chi connectivity index (χ2v) is 6.29. The maximum atomic E-state index is 6.26. The fourth-order valence-electron chi connectivity index (χ4n) is 2.07. The lowest BCUT2D eigenvalue weighted by atomic mass is 10.1. The van der Waals surface area contributed by atoms with Gasteiger partial charge in [0, 0.05) is 34.1 Å². The molecule has 5 heteroatoms. The van der Waals surface area contributed by atoms with Crippen molar-refractivity contribution in [1.82, 2.24) is 4.90 Å². The Morgan fingerprint density at radius 2 is 2.11 bits per heavy atom. The predicted octanol–water partition coefficient (Wildman–Crippen LogP) is 4.19. The number of rotatable bonds is 5. The Bertz CT molecular complexity index is 528. The number of nitrogens with two attached hydrogens (primary N) is 1. The molecular formula is C14H16Cl2N2S. The molecule has 1 atom stereocenters. The molecule has 0 spiro atoms. The van der Waals surface area contributed by atoms with Gasteiger partial charge in [-0.15, -0.1) is 11.3 Å². The number of likely N-dealkylation sites (N-methyl/N-ethyl adjacent to an activating group) is 1. The summed E-state index contributed by atoms with van der Waals surface area (Å²) in [7, 11) is 2.05. The Morgan fingerprint density at radius 3 is 2.74 bits per heavy atom. The van der Waals surface area contributed by atoms with Crippen molar-refractivity contribution < 1.29 is 0 Å². The van der Waals surface area contributed by atoms with Gasteiger partial charge in [0.2, 0.25) is 0 Å². The van der Waals surface area contributed by atoms with E-state index in [-0.39, 0.29) is 6.04 Å². The van der Waals surface area contributed by atoms with E-state index in [1.54, 1.807) is 17.4 Å². The van der Waals surface area contributed by atoms with Crippen LogP contribution in [0.5, 0.6) is 0 Å². The van der Waals surface area contributed by atoms with Crippen LogP contribution in [-0.2, 0) is 6.54 Å². The number of benzene rings is 1. The van der Waals surface area contributed by atoms with E-state index in [9.17, 15) is 0 Å². The third-order valence-electron chi connectivity index (χ3n) is 3.06. The molecule has 1 heterocycles. The third-order valence-corrected chi connectivity index (χ3v) is 4.50. The van der Waals surface area contributed by atoms with Crippen LogP contribution in [0.3, 0.4) is 0 Å². The summed E-state index contributed by atoms with van der Waals surface area (Å²) >= 11 is 14.0. The number of hydrogen-bond donors (Lipinski definition) is 1. The van der Waals surface area contributed by atoms with Crippen LogP contribution in [0.1, 0.15) is 16.5 Å². The molecule has 2 N–H and O–H groups in total. The first-order chi connectivity index (χ1) is 9.11. The van der Waals surface area contributed by atoms with Crippen LogP contribution in [0.25, 0.3) is 0 Å². The molecule has 0 aliphatic rings. The van der Waals surface area contributed by atoms with Gasteiger partial charge in [0.25, 0.3) is 0 Å². The van der Waals surface area contributed by atoms with Crippen molar-refractivity contribution in [1.29, 1.82) is 0 Å². The standard InChI is InChI=1S/C14H16Cl2N2S/c1-18(9-11-3-2-6-19-11)14(8-17)12-7-10(15)4-5-13(12)16/h2-7,14H,8-9,17H2,1H3. The van der Waals surface area contributed by atoms with Crippen molar-refractivity contribution in [2.75, 3.05) is 13.6 Å². The second-order valence-electron chi connectivity index (χ2n) is 4.41. The van der Waals surface area contributed by atoms with Gasteiger partial charge in [-0.05, 0) is 42.3 Å². The molecule has 0 aliphatic heterocycles. The van der Waals surface area contributed by atoms with Crippen molar-refractivity contribution in [3.8, 4) is 0 Å². The Kier molecular flexibility index (Phi) is 5.25. The Balaban J connectivity index is 2.21. The van der Waals surface area contributed by atoms with E-state index in [2.05, 4.69) is 29.5 Å². The average Bonchev–Trinajstić information content (AvgIpc) is 2.87. The number of nitrogens with zero attached hydrogens (tertiary/aromatic N) is 1. The maximum Gasteiger partial charge on any atom is 0.0486 e. The van der Waals surface area contributed by atoms with Crippen molar-refractivity contribution in [3.05, 3.63) is 56.2 Å². The van der Waals surface area contributed by atoms with E-state index < -0.39 is 0 Å². The van der Waals surface area contributed by atoms with Gasteiger partial charge >= 0.3 is 0 Å². The summed E-state index contributed by atoms with van der Waals surface area (Å²) in [6.45, 7) is 1.35. The van der Waals surface area contributed by atoms with Gasteiger partial charge in [0.1, 0.15) is 0 Å². The first-order valence-electron chi connectivity index (χ1n) is 5.99. The summed E-state index contributed by atoms with van der Waals surface area (Å²) in [5, 5.41) is 3.47. The van der Waals surface area contributed by atoms with E-state index in [1.165, 1.54) is 4.88 Å². The van der Waals surface area contributed by atoms with Crippen LogP contribution < -0.4 is 5.73 Å². The molecule has 0 saturated heterocycles. The van der Waals surface area contributed by atoms with E-state index in [1.807, 2.05) is 12.1 Å². The monoisotopic (exact) mass is 314 g/mol. The Morgan fingerprint density at radius 1 is 1.32 bits per heavy atom. The highest BCUT2D eigenvalue weighted by Gasteiger charge is 2.19. The quantitative estimate of drug-likeness (QED) is 0.896. The van der Waals surface area contributed by atoms with Crippen molar-refractivity contribution in [2.45, 2.75) is 12.6 Å². The predicted molar refractivity (Wildman–Crippen MR) is 84.0 cm³/mol. The van der Waals surface area contributed by atoms with Gasteiger partial charge in [-0.2, -0.15) is 0 Å².